The monoisotopic (exact) mass is 426 g/mol. The van der Waals surface area contributed by atoms with Crippen LogP contribution < -0.4 is 5.73 Å². The molecule has 2 N–H and O–H groups in total. The number of nitrogens with zero attached hydrogens (tertiary/aromatic N) is 3. The van der Waals surface area contributed by atoms with Crippen LogP contribution in [-0.2, 0) is 0 Å². The van der Waals surface area contributed by atoms with Gasteiger partial charge in [-0.1, -0.05) is 30.3 Å². The SMILES string of the molecule is Br.Cc1ccc(-c2csc(-c3cnn(-c4ccccc4)c3N)n2)cc1C. The van der Waals surface area contributed by atoms with Crippen molar-refractivity contribution in [3.8, 4) is 27.5 Å². The van der Waals surface area contributed by atoms with Crippen molar-refractivity contribution in [2.45, 2.75) is 13.8 Å². The highest BCUT2D eigenvalue weighted by Gasteiger charge is 2.15. The van der Waals surface area contributed by atoms with Crippen LogP contribution in [0.2, 0.25) is 0 Å². The van der Waals surface area contributed by atoms with Gasteiger partial charge in [-0.15, -0.1) is 28.3 Å². The zero-order chi connectivity index (χ0) is 17.4. The molecule has 0 radical (unpaired) electrons. The lowest BCUT2D eigenvalue weighted by Crippen LogP contribution is -2.01. The summed E-state index contributed by atoms with van der Waals surface area (Å²) < 4.78 is 1.74. The number of hydrogen-bond acceptors (Lipinski definition) is 4. The van der Waals surface area contributed by atoms with Crippen molar-refractivity contribution >= 4 is 34.1 Å². The molecule has 2 heterocycles. The molecule has 0 aliphatic heterocycles. The summed E-state index contributed by atoms with van der Waals surface area (Å²) in [4.78, 5) is 4.77. The molecule has 0 atom stereocenters. The van der Waals surface area contributed by atoms with Crippen molar-refractivity contribution in [3.05, 3.63) is 71.2 Å². The van der Waals surface area contributed by atoms with Crippen molar-refractivity contribution in [2.75, 3.05) is 5.73 Å². The predicted octanol–water partition coefficient (Wildman–Crippen LogP) is 5.44. The summed E-state index contributed by atoms with van der Waals surface area (Å²) >= 11 is 1.59. The number of benzene rings is 2. The van der Waals surface area contributed by atoms with Crippen molar-refractivity contribution in [1.82, 2.24) is 14.8 Å². The Labute approximate surface area is 167 Å². The van der Waals surface area contributed by atoms with Gasteiger partial charge in [0, 0.05) is 10.9 Å². The Kier molecular flexibility index (Phi) is 5.25. The number of nitrogen functional groups attached to an aromatic ring is 1. The molecule has 2 aromatic heterocycles. The number of aryl methyl sites for hydroxylation is 2. The van der Waals surface area contributed by atoms with Crippen molar-refractivity contribution < 1.29 is 0 Å². The smallest absolute Gasteiger partial charge is 0.137 e. The predicted molar refractivity (Wildman–Crippen MR) is 114 cm³/mol. The maximum Gasteiger partial charge on any atom is 0.137 e. The number of anilines is 1. The number of halogens is 1. The molecule has 26 heavy (non-hydrogen) atoms. The highest BCUT2D eigenvalue weighted by atomic mass is 79.9. The summed E-state index contributed by atoms with van der Waals surface area (Å²) in [5.74, 6) is 0.604. The molecule has 0 amide bonds. The van der Waals surface area contributed by atoms with Crippen LogP contribution in [0.3, 0.4) is 0 Å². The topological polar surface area (TPSA) is 56.7 Å². The fourth-order valence-electron chi connectivity index (χ4n) is 2.73. The van der Waals surface area contributed by atoms with Gasteiger partial charge in [0.1, 0.15) is 10.8 Å². The average Bonchev–Trinajstić information content (AvgIpc) is 3.25. The van der Waals surface area contributed by atoms with E-state index >= 15 is 0 Å². The van der Waals surface area contributed by atoms with E-state index in [1.54, 1.807) is 22.2 Å². The van der Waals surface area contributed by atoms with E-state index in [9.17, 15) is 0 Å². The Morgan fingerprint density at radius 1 is 1.00 bits per heavy atom. The third-order valence-corrected chi connectivity index (χ3v) is 5.22. The van der Waals surface area contributed by atoms with Gasteiger partial charge in [0.2, 0.25) is 0 Å². The maximum absolute atomic E-state index is 6.33. The number of rotatable bonds is 3. The number of hydrogen-bond donors (Lipinski definition) is 1. The van der Waals surface area contributed by atoms with Crippen LogP contribution in [0.5, 0.6) is 0 Å². The Morgan fingerprint density at radius 3 is 2.50 bits per heavy atom. The van der Waals surface area contributed by atoms with E-state index in [-0.39, 0.29) is 17.0 Å². The second-order valence-corrected chi connectivity index (χ2v) is 6.89. The zero-order valence-corrected chi connectivity index (χ0v) is 17.0. The van der Waals surface area contributed by atoms with Crippen LogP contribution in [0.1, 0.15) is 11.1 Å². The quantitative estimate of drug-likeness (QED) is 0.474. The number of para-hydroxylation sites is 1. The lowest BCUT2D eigenvalue weighted by atomic mass is 10.1. The molecule has 0 fully saturated rings. The molecule has 0 bridgehead atoms. The molecule has 4 rings (SSSR count). The molecular weight excluding hydrogens is 408 g/mol. The first-order valence-electron chi connectivity index (χ1n) is 8.06. The van der Waals surface area contributed by atoms with Crippen LogP contribution in [-0.4, -0.2) is 14.8 Å². The van der Waals surface area contributed by atoms with Crippen LogP contribution in [0.25, 0.3) is 27.5 Å². The first kappa shape index (κ1) is 18.4. The molecular formula is C20H19BrN4S. The zero-order valence-electron chi connectivity index (χ0n) is 14.5. The first-order valence-corrected chi connectivity index (χ1v) is 8.94. The van der Waals surface area contributed by atoms with Crippen LogP contribution >= 0.6 is 28.3 Å². The molecule has 0 saturated carbocycles. The van der Waals surface area contributed by atoms with Crippen molar-refractivity contribution in [1.29, 1.82) is 0 Å². The average molecular weight is 427 g/mol. The Hall–Kier alpha value is -2.44. The van der Waals surface area contributed by atoms with Crippen LogP contribution in [0, 0.1) is 13.8 Å². The maximum atomic E-state index is 6.33. The molecule has 2 aromatic carbocycles. The van der Waals surface area contributed by atoms with Gasteiger partial charge >= 0.3 is 0 Å². The lowest BCUT2D eigenvalue weighted by molar-refractivity contribution is 0.891. The minimum atomic E-state index is 0. The Balaban J connectivity index is 0.00000196. The summed E-state index contributed by atoms with van der Waals surface area (Å²) in [5, 5.41) is 7.38. The van der Waals surface area contributed by atoms with Crippen LogP contribution in [0.4, 0.5) is 5.82 Å². The van der Waals surface area contributed by atoms with Gasteiger partial charge in [0.25, 0.3) is 0 Å². The van der Waals surface area contributed by atoms with E-state index in [0.29, 0.717) is 5.82 Å². The van der Waals surface area contributed by atoms with Crippen LogP contribution in [0.15, 0.2) is 60.1 Å². The first-order chi connectivity index (χ1) is 12.1. The van der Waals surface area contributed by atoms with Gasteiger partial charge in [-0.3, -0.25) is 0 Å². The van der Waals surface area contributed by atoms with E-state index < -0.39 is 0 Å². The summed E-state index contributed by atoms with van der Waals surface area (Å²) in [7, 11) is 0. The molecule has 0 aliphatic carbocycles. The van der Waals surface area contributed by atoms with Gasteiger partial charge in [-0.25, -0.2) is 9.67 Å². The minimum Gasteiger partial charge on any atom is -0.383 e. The van der Waals surface area contributed by atoms with E-state index in [1.807, 2.05) is 30.3 Å². The third kappa shape index (κ3) is 3.30. The van der Waals surface area contributed by atoms with E-state index in [1.165, 1.54) is 11.1 Å². The third-order valence-electron chi connectivity index (χ3n) is 4.34. The Morgan fingerprint density at radius 2 is 1.77 bits per heavy atom. The fraction of sp³-hybridized carbons (Fsp3) is 0.100. The minimum absolute atomic E-state index is 0. The van der Waals surface area contributed by atoms with E-state index in [4.69, 9.17) is 10.7 Å². The largest absolute Gasteiger partial charge is 0.383 e. The fourth-order valence-corrected chi connectivity index (χ4v) is 3.58. The van der Waals surface area contributed by atoms with Gasteiger partial charge < -0.3 is 5.73 Å². The highest BCUT2D eigenvalue weighted by molar-refractivity contribution is 8.93. The molecule has 4 nitrogen and oxygen atoms in total. The molecule has 0 saturated heterocycles. The standard InChI is InChI=1S/C20H18N4S.BrH/c1-13-8-9-15(10-14(13)2)18-12-25-20(23-18)17-11-22-24(19(17)21)16-6-4-3-5-7-16;/h3-12H,21H2,1-2H3;1H. The van der Waals surface area contributed by atoms with Crippen molar-refractivity contribution in [3.63, 3.8) is 0 Å². The van der Waals surface area contributed by atoms with Gasteiger partial charge in [0.05, 0.1) is 23.1 Å². The summed E-state index contributed by atoms with van der Waals surface area (Å²) in [5.41, 5.74) is 12.8. The van der Waals surface area contributed by atoms with E-state index in [0.717, 1.165) is 27.5 Å². The molecule has 6 heteroatoms. The molecule has 0 spiro atoms. The van der Waals surface area contributed by atoms with Gasteiger partial charge in [-0.2, -0.15) is 5.10 Å². The molecule has 132 valence electrons. The van der Waals surface area contributed by atoms with Gasteiger partial charge in [-0.05, 0) is 43.2 Å². The van der Waals surface area contributed by atoms with Crippen molar-refractivity contribution in [2.24, 2.45) is 0 Å². The number of thiazole rings is 1. The number of nitrogens with two attached hydrogens (primary N) is 1. The summed E-state index contributed by atoms with van der Waals surface area (Å²) in [6, 6.07) is 16.3. The highest BCUT2D eigenvalue weighted by Crippen LogP contribution is 2.33. The normalized spacial score (nSPS) is 10.5. The Bertz CT molecular complexity index is 1040. The van der Waals surface area contributed by atoms with Gasteiger partial charge in [0.15, 0.2) is 0 Å². The molecule has 0 aliphatic rings. The van der Waals surface area contributed by atoms with E-state index in [2.05, 4.69) is 42.5 Å². The lowest BCUT2D eigenvalue weighted by Gasteiger charge is -2.04. The summed E-state index contributed by atoms with van der Waals surface area (Å²) in [6.45, 7) is 4.23. The summed E-state index contributed by atoms with van der Waals surface area (Å²) in [6.07, 6.45) is 1.78. The molecule has 4 aromatic rings. The second-order valence-electron chi connectivity index (χ2n) is 6.03. The molecule has 0 unspecified atom stereocenters. The number of aromatic nitrogens is 3. The second kappa shape index (κ2) is 7.43.